The molecule has 1 aliphatic carbocycles. The largest absolute Gasteiger partial charge is 0.396 e. The number of nitrogens with zero attached hydrogens (tertiary/aromatic N) is 1. The van der Waals surface area contributed by atoms with Crippen molar-refractivity contribution in [2.24, 2.45) is 5.92 Å². The highest BCUT2D eigenvalue weighted by atomic mass is 16.3. The van der Waals surface area contributed by atoms with Gasteiger partial charge in [0.25, 0.3) is 0 Å². The van der Waals surface area contributed by atoms with Gasteiger partial charge >= 0.3 is 0 Å². The minimum Gasteiger partial charge on any atom is -0.396 e. The van der Waals surface area contributed by atoms with Crippen LogP contribution in [0.25, 0.3) is 0 Å². The second kappa shape index (κ2) is 4.28. The molecule has 80 valence electrons. The van der Waals surface area contributed by atoms with Gasteiger partial charge in [0.15, 0.2) is 0 Å². The van der Waals surface area contributed by atoms with Crippen LogP contribution in [0.4, 0.5) is 0 Å². The van der Waals surface area contributed by atoms with E-state index in [9.17, 15) is 9.90 Å². The Morgan fingerprint density at radius 1 is 1.50 bits per heavy atom. The van der Waals surface area contributed by atoms with Gasteiger partial charge in [-0.25, -0.2) is 0 Å². The lowest BCUT2D eigenvalue weighted by Crippen LogP contribution is -2.52. The summed E-state index contributed by atoms with van der Waals surface area (Å²) in [5, 5.41) is 12.0. The van der Waals surface area contributed by atoms with E-state index in [-0.39, 0.29) is 12.5 Å². The van der Waals surface area contributed by atoms with Crippen LogP contribution in [0.3, 0.4) is 0 Å². The molecule has 0 aromatic rings. The number of nitrogens with one attached hydrogen (secondary N) is 1. The Labute approximate surface area is 84.3 Å². The van der Waals surface area contributed by atoms with Gasteiger partial charge in [-0.2, -0.15) is 0 Å². The maximum atomic E-state index is 11.2. The zero-order valence-electron chi connectivity index (χ0n) is 8.41. The molecule has 2 fully saturated rings. The van der Waals surface area contributed by atoms with E-state index in [1.807, 2.05) is 0 Å². The van der Waals surface area contributed by atoms with Crippen LogP contribution < -0.4 is 5.32 Å². The summed E-state index contributed by atoms with van der Waals surface area (Å²) in [7, 11) is 0. The van der Waals surface area contributed by atoms with Crippen LogP contribution in [0.1, 0.15) is 19.3 Å². The van der Waals surface area contributed by atoms with Crippen molar-refractivity contribution >= 4 is 5.91 Å². The van der Waals surface area contributed by atoms with Gasteiger partial charge in [-0.15, -0.1) is 0 Å². The molecule has 2 aliphatic rings. The summed E-state index contributed by atoms with van der Waals surface area (Å²) in [5.41, 5.74) is 0. The van der Waals surface area contributed by atoms with E-state index in [4.69, 9.17) is 0 Å². The standard InChI is InChI=1S/C10H18N2O2/c13-7-8-2-1-3-9(8)12-5-4-11-10(14)6-12/h8-9,13H,1-7H2,(H,11,14). The molecule has 0 aromatic heterocycles. The van der Waals surface area contributed by atoms with Crippen molar-refractivity contribution in [1.29, 1.82) is 0 Å². The monoisotopic (exact) mass is 198 g/mol. The van der Waals surface area contributed by atoms with E-state index in [1.54, 1.807) is 0 Å². The number of hydrogen-bond acceptors (Lipinski definition) is 3. The molecule has 4 nitrogen and oxygen atoms in total. The number of carbonyl (C=O) groups excluding carboxylic acids is 1. The summed E-state index contributed by atoms with van der Waals surface area (Å²) in [6, 6.07) is 0.436. The first kappa shape index (κ1) is 9.93. The molecule has 0 spiro atoms. The van der Waals surface area contributed by atoms with Crippen LogP contribution in [-0.4, -0.2) is 48.2 Å². The number of carbonyl (C=O) groups is 1. The first-order valence-corrected chi connectivity index (χ1v) is 5.43. The molecule has 2 atom stereocenters. The van der Waals surface area contributed by atoms with Gasteiger partial charge in [-0.1, -0.05) is 6.42 Å². The van der Waals surface area contributed by atoms with Crippen LogP contribution in [0.2, 0.25) is 0 Å². The van der Waals surface area contributed by atoms with Crippen LogP contribution in [0.15, 0.2) is 0 Å². The van der Waals surface area contributed by atoms with Gasteiger partial charge in [-0.3, -0.25) is 9.69 Å². The zero-order chi connectivity index (χ0) is 9.97. The quantitative estimate of drug-likeness (QED) is 0.633. The SMILES string of the molecule is O=C1CN(C2CCCC2CO)CCN1. The topological polar surface area (TPSA) is 52.6 Å². The highest BCUT2D eigenvalue weighted by molar-refractivity contribution is 5.78. The third kappa shape index (κ3) is 1.91. The fourth-order valence-corrected chi connectivity index (χ4v) is 2.65. The predicted octanol–water partition coefficient (Wildman–Crippen LogP) is -0.421. The lowest BCUT2D eigenvalue weighted by atomic mass is 10.0. The number of hydrogen-bond donors (Lipinski definition) is 2. The van der Waals surface area contributed by atoms with Crippen molar-refractivity contribution in [2.75, 3.05) is 26.2 Å². The molecule has 1 aliphatic heterocycles. The minimum atomic E-state index is 0.125. The maximum absolute atomic E-state index is 11.2. The van der Waals surface area contributed by atoms with Crippen molar-refractivity contribution in [3.05, 3.63) is 0 Å². The Bertz CT molecular complexity index is 220. The Kier molecular flexibility index (Phi) is 3.03. The fourth-order valence-electron chi connectivity index (χ4n) is 2.65. The van der Waals surface area contributed by atoms with E-state index in [0.29, 0.717) is 18.5 Å². The molecule has 0 bridgehead atoms. The van der Waals surface area contributed by atoms with E-state index in [2.05, 4.69) is 10.2 Å². The van der Waals surface area contributed by atoms with E-state index in [1.165, 1.54) is 6.42 Å². The molecule has 0 aromatic carbocycles. The van der Waals surface area contributed by atoms with Gasteiger partial charge in [0.05, 0.1) is 6.54 Å². The van der Waals surface area contributed by atoms with Gasteiger partial charge in [0, 0.05) is 25.7 Å². The fraction of sp³-hybridized carbons (Fsp3) is 0.900. The lowest BCUT2D eigenvalue weighted by molar-refractivity contribution is -0.125. The second-order valence-corrected chi connectivity index (χ2v) is 4.26. The maximum Gasteiger partial charge on any atom is 0.234 e. The number of aliphatic hydroxyl groups excluding tert-OH is 1. The van der Waals surface area contributed by atoms with Crippen LogP contribution >= 0.6 is 0 Å². The van der Waals surface area contributed by atoms with Gasteiger partial charge < -0.3 is 10.4 Å². The third-order valence-electron chi connectivity index (χ3n) is 3.39. The number of amides is 1. The Morgan fingerprint density at radius 3 is 3.07 bits per heavy atom. The summed E-state index contributed by atoms with van der Waals surface area (Å²) in [4.78, 5) is 13.4. The average Bonchev–Trinajstić information content (AvgIpc) is 2.65. The number of rotatable bonds is 2. The highest BCUT2D eigenvalue weighted by Crippen LogP contribution is 2.29. The molecular weight excluding hydrogens is 180 g/mol. The van der Waals surface area contributed by atoms with Crippen molar-refractivity contribution < 1.29 is 9.90 Å². The zero-order valence-corrected chi connectivity index (χ0v) is 8.41. The summed E-state index contributed by atoms with van der Waals surface area (Å²) >= 11 is 0. The molecule has 1 heterocycles. The molecular formula is C10H18N2O2. The van der Waals surface area contributed by atoms with Gasteiger partial charge in [0.2, 0.25) is 5.91 Å². The van der Waals surface area contributed by atoms with E-state index in [0.717, 1.165) is 25.9 Å². The first-order valence-electron chi connectivity index (χ1n) is 5.43. The molecule has 0 radical (unpaired) electrons. The molecule has 1 amide bonds. The summed E-state index contributed by atoms with van der Waals surface area (Å²) in [6.07, 6.45) is 3.44. The average molecular weight is 198 g/mol. The summed E-state index contributed by atoms with van der Waals surface area (Å²) < 4.78 is 0. The molecule has 2 rings (SSSR count). The lowest BCUT2D eigenvalue weighted by Gasteiger charge is -2.34. The Balaban J connectivity index is 1.95. The first-order chi connectivity index (χ1) is 6.81. The van der Waals surface area contributed by atoms with Crippen LogP contribution in [0.5, 0.6) is 0 Å². The van der Waals surface area contributed by atoms with Gasteiger partial charge in [0.1, 0.15) is 0 Å². The molecule has 1 saturated carbocycles. The molecule has 2 unspecified atom stereocenters. The summed E-state index contributed by atoms with van der Waals surface area (Å²) in [5.74, 6) is 0.515. The number of aliphatic hydroxyl groups is 1. The Hall–Kier alpha value is -0.610. The van der Waals surface area contributed by atoms with Crippen LogP contribution in [0, 0.1) is 5.92 Å². The molecule has 4 heteroatoms. The molecule has 1 saturated heterocycles. The Morgan fingerprint density at radius 2 is 2.36 bits per heavy atom. The van der Waals surface area contributed by atoms with Crippen molar-refractivity contribution in [3.8, 4) is 0 Å². The summed E-state index contributed by atoms with van der Waals surface area (Å²) in [6.45, 7) is 2.48. The minimum absolute atomic E-state index is 0.125. The molecule has 14 heavy (non-hydrogen) atoms. The van der Waals surface area contributed by atoms with Crippen molar-refractivity contribution in [1.82, 2.24) is 10.2 Å². The van der Waals surface area contributed by atoms with Crippen molar-refractivity contribution in [2.45, 2.75) is 25.3 Å². The normalized spacial score (nSPS) is 34.5. The second-order valence-electron chi connectivity index (χ2n) is 4.26. The third-order valence-corrected chi connectivity index (χ3v) is 3.39. The van der Waals surface area contributed by atoms with Gasteiger partial charge in [-0.05, 0) is 18.8 Å². The predicted molar refractivity (Wildman–Crippen MR) is 52.8 cm³/mol. The van der Waals surface area contributed by atoms with Crippen molar-refractivity contribution in [3.63, 3.8) is 0 Å². The van der Waals surface area contributed by atoms with E-state index < -0.39 is 0 Å². The van der Waals surface area contributed by atoms with Crippen LogP contribution in [-0.2, 0) is 4.79 Å². The van der Waals surface area contributed by atoms with E-state index >= 15 is 0 Å². The highest BCUT2D eigenvalue weighted by Gasteiger charge is 2.33. The number of piperazine rings is 1. The molecule has 2 N–H and O–H groups in total. The smallest absolute Gasteiger partial charge is 0.234 e.